The summed E-state index contributed by atoms with van der Waals surface area (Å²) in [6, 6.07) is 7.51. The summed E-state index contributed by atoms with van der Waals surface area (Å²) in [4.78, 5) is 0. The molecule has 0 saturated heterocycles. The van der Waals surface area contributed by atoms with Gasteiger partial charge in [0.05, 0.1) is 20.5 Å². The molecule has 1 aromatic heterocycles. The molecule has 88 valence electrons. The van der Waals surface area contributed by atoms with Crippen molar-refractivity contribution in [1.82, 2.24) is 0 Å². The molecule has 3 heteroatoms. The van der Waals surface area contributed by atoms with Crippen molar-refractivity contribution in [2.75, 3.05) is 14.2 Å². The minimum Gasteiger partial charge on any atom is -0.493 e. The van der Waals surface area contributed by atoms with Crippen LogP contribution < -0.4 is 9.47 Å². The molecule has 0 fully saturated rings. The van der Waals surface area contributed by atoms with Gasteiger partial charge in [-0.1, -0.05) is 12.7 Å². The summed E-state index contributed by atoms with van der Waals surface area (Å²) < 4.78 is 15.9. The monoisotopic (exact) mass is 230 g/mol. The maximum absolute atomic E-state index is 5.39. The van der Waals surface area contributed by atoms with Crippen LogP contribution in [0.4, 0.5) is 0 Å². The molecule has 1 heterocycles. The third-order valence-electron chi connectivity index (χ3n) is 2.56. The molecule has 0 unspecified atom stereocenters. The van der Waals surface area contributed by atoms with E-state index in [0.717, 1.165) is 16.9 Å². The molecule has 0 bridgehead atoms. The molecule has 2 rings (SSSR count). The SMILES string of the molecule is C=Cc1cc(OC)c(OC)cc1-c1ccco1. The van der Waals surface area contributed by atoms with Crippen molar-refractivity contribution in [3.05, 3.63) is 42.7 Å². The standard InChI is InChI=1S/C14H14O3/c1-4-10-8-13(15-2)14(16-3)9-11(10)12-6-5-7-17-12/h4-9H,1H2,2-3H3. The minimum absolute atomic E-state index is 0.671. The largest absolute Gasteiger partial charge is 0.493 e. The fourth-order valence-electron chi connectivity index (χ4n) is 1.71. The third-order valence-corrected chi connectivity index (χ3v) is 2.56. The van der Waals surface area contributed by atoms with Crippen LogP contribution in [0.3, 0.4) is 0 Å². The van der Waals surface area contributed by atoms with Gasteiger partial charge in [0.15, 0.2) is 11.5 Å². The van der Waals surface area contributed by atoms with Crippen LogP contribution in [0.15, 0.2) is 41.5 Å². The number of hydrogen-bond acceptors (Lipinski definition) is 3. The summed E-state index contributed by atoms with van der Waals surface area (Å²) in [6.07, 6.45) is 3.40. The lowest BCUT2D eigenvalue weighted by Crippen LogP contribution is -1.93. The number of rotatable bonds is 4. The fourth-order valence-corrected chi connectivity index (χ4v) is 1.71. The zero-order chi connectivity index (χ0) is 12.3. The van der Waals surface area contributed by atoms with Crippen molar-refractivity contribution in [3.8, 4) is 22.8 Å². The highest BCUT2D eigenvalue weighted by Crippen LogP contribution is 2.36. The minimum atomic E-state index is 0.671. The molecule has 0 aliphatic carbocycles. The summed E-state index contributed by atoms with van der Waals surface area (Å²) in [7, 11) is 3.22. The normalized spacial score (nSPS) is 10.0. The van der Waals surface area contributed by atoms with Gasteiger partial charge in [0.2, 0.25) is 0 Å². The predicted molar refractivity (Wildman–Crippen MR) is 67.3 cm³/mol. The van der Waals surface area contributed by atoms with E-state index in [1.165, 1.54) is 0 Å². The molecule has 1 aromatic carbocycles. The zero-order valence-corrected chi connectivity index (χ0v) is 9.90. The Labute approximate surface area is 100 Å². The molecule has 0 aliphatic heterocycles. The van der Waals surface area contributed by atoms with Gasteiger partial charge >= 0.3 is 0 Å². The molecule has 2 aromatic rings. The first kappa shape index (κ1) is 11.3. The Morgan fingerprint density at radius 1 is 1.18 bits per heavy atom. The Balaban J connectivity index is 2.62. The Kier molecular flexibility index (Phi) is 3.19. The number of furan rings is 1. The molecule has 0 aliphatic rings. The Bertz CT molecular complexity index is 513. The van der Waals surface area contributed by atoms with Crippen molar-refractivity contribution in [2.45, 2.75) is 0 Å². The van der Waals surface area contributed by atoms with Crippen LogP contribution in [0.2, 0.25) is 0 Å². The topological polar surface area (TPSA) is 31.6 Å². The smallest absolute Gasteiger partial charge is 0.161 e. The van der Waals surface area contributed by atoms with E-state index in [4.69, 9.17) is 13.9 Å². The van der Waals surface area contributed by atoms with Crippen LogP contribution in [0.1, 0.15) is 5.56 Å². The van der Waals surface area contributed by atoms with Gasteiger partial charge in [-0.15, -0.1) is 0 Å². The molecular weight excluding hydrogens is 216 g/mol. The summed E-state index contributed by atoms with van der Waals surface area (Å²) >= 11 is 0. The summed E-state index contributed by atoms with van der Waals surface area (Å²) in [5, 5.41) is 0. The van der Waals surface area contributed by atoms with Gasteiger partial charge in [-0.3, -0.25) is 0 Å². The highest BCUT2D eigenvalue weighted by molar-refractivity contribution is 5.75. The number of ether oxygens (including phenoxy) is 2. The molecule has 3 nitrogen and oxygen atoms in total. The van der Waals surface area contributed by atoms with E-state index in [-0.39, 0.29) is 0 Å². The Morgan fingerprint density at radius 2 is 1.88 bits per heavy atom. The van der Waals surface area contributed by atoms with Crippen LogP contribution in [-0.2, 0) is 0 Å². The Morgan fingerprint density at radius 3 is 2.41 bits per heavy atom. The van der Waals surface area contributed by atoms with Crippen LogP contribution in [0, 0.1) is 0 Å². The summed E-state index contributed by atoms with van der Waals surface area (Å²) in [6.45, 7) is 3.79. The Hall–Kier alpha value is -2.16. The van der Waals surface area contributed by atoms with E-state index >= 15 is 0 Å². The number of hydrogen-bond donors (Lipinski definition) is 0. The first-order chi connectivity index (χ1) is 8.30. The first-order valence-corrected chi connectivity index (χ1v) is 5.22. The van der Waals surface area contributed by atoms with Crippen molar-refractivity contribution >= 4 is 6.08 Å². The quantitative estimate of drug-likeness (QED) is 0.804. The molecule has 0 saturated carbocycles. The lowest BCUT2D eigenvalue weighted by Gasteiger charge is -2.11. The van der Waals surface area contributed by atoms with Gasteiger partial charge in [0.1, 0.15) is 5.76 Å². The molecule has 0 N–H and O–H groups in total. The van der Waals surface area contributed by atoms with Crippen molar-refractivity contribution in [1.29, 1.82) is 0 Å². The zero-order valence-electron chi connectivity index (χ0n) is 9.90. The van der Waals surface area contributed by atoms with Crippen LogP contribution in [-0.4, -0.2) is 14.2 Å². The highest BCUT2D eigenvalue weighted by Gasteiger charge is 2.12. The van der Waals surface area contributed by atoms with E-state index in [1.807, 2.05) is 24.3 Å². The average molecular weight is 230 g/mol. The molecule has 17 heavy (non-hydrogen) atoms. The molecule has 0 spiro atoms. The second-order valence-corrected chi connectivity index (χ2v) is 3.48. The van der Waals surface area contributed by atoms with Crippen molar-refractivity contribution in [3.63, 3.8) is 0 Å². The second-order valence-electron chi connectivity index (χ2n) is 3.48. The van der Waals surface area contributed by atoms with E-state index in [1.54, 1.807) is 26.6 Å². The maximum atomic E-state index is 5.39. The van der Waals surface area contributed by atoms with Gasteiger partial charge in [-0.05, 0) is 29.8 Å². The van der Waals surface area contributed by atoms with E-state index in [0.29, 0.717) is 11.5 Å². The summed E-state index contributed by atoms with van der Waals surface area (Å²) in [5.41, 5.74) is 1.88. The highest BCUT2D eigenvalue weighted by atomic mass is 16.5. The number of methoxy groups -OCH3 is 2. The molecule has 0 amide bonds. The average Bonchev–Trinajstić information content (AvgIpc) is 2.90. The molecule has 0 radical (unpaired) electrons. The van der Waals surface area contributed by atoms with E-state index in [9.17, 15) is 0 Å². The van der Waals surface area contributed by atoms with Gasteiger partial charge in [0, 0.05) is 5.56 Å². The van der Waals surface area contributed by atoms with Crippen LogP contribution in [0.25, 0.3) is 17.4 Å². The van der Waals surface area contributed by atoms with Gasteiger partial charge in [-0.2, -0.15) is 0 Å². The van der Waals surface area contributed by atoms with Crippen molar-refractivity contribution < 1.29 is 13.9 Å². The lowest BCUT2D eigenvalue weighted by molar-refractivity contribution is 0.355. The molecular formula is C14H14O3. The predicted octanol–water partition coefficient (Wildman–Crippen LogP) is 3.61. The maximum Gasteiger partial charge on any atom is 0.161 e. The van der Waals surface area contributed by atoms with E-state index in [2.05, 4.69) is 6.58 Å². The second kappa shape index (κ2) is 4.78. The summed E-state index contributed by atoms with van der Waals surface area (Å²) in [5.74, 6) is 2.13. The van der Waals surface area contributed by atoms with Gasteiger partial charge in [-0.25, -0.2) is 0 Å². The number of benzene rings is 1. The van der Waals surface area contributed by atoms with Crippen LogP contribution >= 0.6 is 0 Å². The van der Waals surface area contributed by atoms with E-state index < -0.39 is 0 Å². The first-order valence-electron chi connectivity index (χ1n) is 5.22. The van der Waals surface area contributed by atoms with Gasteiger partial charge in [0.25, 0.3) is 0 Å². The lowest BCUT2D eigenvalue weighted by atomic mass is 10.0. The third kappa shape index (κ3) is 2.04. The fraction of sp³-hybridized carbons (Fsp3) is 0.143. The van der Waals surface area contributed by atoms with Gasteiger partial charge < -0.3 is 13.9 Å². The van der Waals surface area contributed by atoms with Crippen molar-refractivity contribution in [2.24, 2.45) is 0 Å². The molecule has 0 atom stereocenters. The van der Waals surface area contributed by atoms with Crippen LogP contribution in [0.5, 0.6) is 11.5 Å².